The van der Waals surface area contributed by atoms with Crippen molar-refractivity contribution in [2.24, 2.45) is 10.2 Å². The monoisotopic (exact) mass is 537 g/mol. The fourth-order valence-electron chi connectivity index (χ4n) is 4.78. The first-order valence-electron chi connectivity index (χ1n) is 13.5. The lowest BCUT2D eigenvalue weighted by Crippen LogP contribution is -2.14. The van der Waals surface area contributed by atoms with Crippen molar-refractivity contribution in [1.82, 2.24) is 9.38 Å². The molecule has 0 radical (unpaired) electrons. The maximum absolute atomic E-state index is 13.5. The van der Waals surface area contributed by atoms with E-state index in [9.17, 15) is 10.1 Å². The molecule has 0 unspecified atom stereocenters. The summed E-state index contributed by atoms with van der Waals surface area (Å²) in [4.78, 5) is 18.9. The predicted octanol–water partition coefficient (Wildman–Crippen LogP) is 8.66. The highest BCUT2D eigenvalue weighted by Crippen LogP contribution is 2.38. The van der Waals surface area contributed by atoms with E-state index in [-0.39, 0.29) is 13.0 Å². The van der Waals surface area contributed by atoms with Gasteiger partial charge in [0.25, 0.3) is 5.56 Å². The largest absolute Gasteiger partial charge is 0.378 e. The number of hydrogen-bond donors (Lipinski definition) is 1. The normalized spacial score (nSPS) is 10.9. The van der Waals surface area contributed by atoms with E-state index in [1.54, 1.807) is 6.07 Å². The maximum atomic E-state index is 13.5. The summed E-state index contributed by atoms with van der Waals surface area (Å²) in [6.45, 7) is 5.76. The first-order chi connectivity index (χ1) is 18.9. The van der Waals surface area contributed by atoms with Gasteiger partial charge in [0.05, 0.1) is 5.69 Å². The van der Waals surface area contributed by atoms with E-state index in [1.165, 1.54) is 17.2 Å². The fourth-order valence-corrected chi connectivity index (χ4v) is 4.78. The number of fused-ring (bicyclic) bond motifs is 1. The van der Waals surface area contributed by atoms with Crippen molar-refractivity contribution < 1.29 is 0 Å². The van der Waals surface area contributed by atoms with Crippen LogP contribution in [0.15, 0.2) is 82.3 Å². The van der Waals surface area contributed by atoms with Gasteiger partial charge in [0.2, 0.25) is 0 Å². The Morgan fingerprint density at radius 3 is 2.42 bits per heavy atom. The predicted molar refractivity (Wildman–Crippen MR) is 166 cm³/mol. The lowest BCUT2D eigenvalue weighted by molar-refractivity contribution is 0.614. The van der Waals surface area contributed by atoms with Gasteiger partial charge in [0.15, 0.2) is 5.82 Å². The van der Waals surface area contributed by atoms with Crippen LogP contribution in [0.25, 0.3) is 16.8 Å². The van der Waals surface area contributed by atoms with Crippen molar-refractivity contribution >= 4 is 22.8 Å². The van der Waals surface area contributed by atoms with E-state index in [0.29, 0.717) is 28.3 Å². The van der Waals surface area contributed by atoms with Crippen molar-refractivity contribution in [3.8, 4) is 17.2 Å². The summed E-state index contributed by atoms with van der Waals surface area (Å²) in [6, 6.07) is 19.5. The molecule has 4 rings (SSSR count). The van der Waals surface area contributed by atoms with E-state index in [0.717, 1.165) is 54.6 Å². The van der Waals surface area contributed by atoms with Crippen LogP contribution in [0.2, 0.25) is 0 Å². The van der Waals surface area contributed by atoms with Crippen molar-refractivity contribution in [3.05, 3.63) is 94.4 Å². The van der Waals surface area contributed by atoms with Gasteiger partial charge in [0, 0.05) is 37.1 Å². The fraction of sp³-hybridized carbons (Fsp3) is 0.333. The molecule has 208 valence electrons. The molecule has 7 nitrogen and oxygen atoms in total. The highest BCUT2D eigenvalue weighted by molar-refractivity contribution is 5.87. The molecule has 2 aromatic heterocycles. The topological polar surface area (TPSA) is 89.0 Å². The number of aryl methyl sites for hydroxylation is 2. The molecule has 0 saturated heterocycles. The van der Waals surface area contributed by atoms with E-state index in [2.05, 4.69) is 27.9 Å². The summed E-state index contributed by atoms with van der Waals surface area (Å²) in [7, 11) is 3.98. The Labute approximate surface area is 237 Å². The Morgan fingerprint density at radius 1 is 1.02 bits per heavy atom. The molecule has 0 fully saturated rings. The number of nitrogens with one attached hydrogen (secondary N) is 1. The zero-order valence-electron chi connectivity index (χ0n) is 23.1. The number of anilines is 1. The molecule has 0 aliphatic heterocycles. The van der Waals surface area contributed by atoms with Crippen molar-refractivity contribution in [1.29, 1.82) is 5.26 Å². The van der Waals surface area contributed by atoms with Crippen LogP contribution in [-0.2, 0) is 6.42 Å². The first kappa shape index (κ1) is 30.1. The third-order valence-electron chi connectivity index (χ3n) is 6.92. The Bertz CT molecular complexity index is 1570. The van der Waals surface area contributed by atoms with E-state index in [4.69, 9.17) is 0 Å². The lowest BCUT2D eigenvalue weighted by Gasteiger charge is -2.13. The van der Waals surface area contributed by atoms with Gasteiger partial charge in [-0.1, -0.05) is 63.1 Å². The molecule has 40 heavy (non-hydrogen) atoms. The van der Waals surface area contributed by atoms with Crippen LogP contribution in [0, 0.1) is 18.3 Å². The second-order valence-corrected chi connectivity index (χ2v) is 10.0. The van der Waals surface area contributed by atoms with Crippen LogP contribution in [0.5, 0.6) is 0 Å². The van der Waals surface area contributed by atoms with Gasteiger partial charge in [-0.3, -0.25) is 4.79 Å². The van der Waals surface area contributed by atoms with Gasteiger partial charge in [-0.25, -0.2) is 4.40 Å². The zero-order chi connectivity index (χ0) is 27.8. The van der Waals surface area contributed by atoms with Crippen molar-refractivity contribution in [3.63, 3.8) is 0 Å². The summed E-state index contributed by atoms with van der Waals surface area (Å²) in [5.41, 5.74) is 5.58. The maximum Gasteiger partial charge on any atom is 0.259 e. The number of hydrogen-bond acceptors (Lipinski definition) is 5. The minimum atomic E-state index is -0.225. The third kappa shape index (κ3) is 6.76. The average Bonchev–Trinajstić information content (AvgIpc) is 3.26. The number of aromatic nitrogens is 2. The average molecular weight is 538 g/mol. The Morgan fingerprint density at radius 2 is 1.75 bits per heavy atom. The van der Waals surface area contributed by atoms with E-state index >= 15 is 0 Å². The number of nitrogens with zero attached hydrogens (tertiary/aromatic N) is 5. The van der Waals surface area contributed by atoms with E-state index in [1.807, 2.05) is 80.5 Å². The van der Waals surface area contributed by atoms with Crippen LogP contribution in [-0.4, -0.2) is 23.5 Å². The second-order valence-electron chi connectivity index (χ2n) is 10.0. The van der Waals surface area contributed by atoms with Gasteiger partial charge >= 0.3 is 0 Å². The van der Waals surface area contributed by atoms with Gasteiger partial charge in [-0.15, -0.1) is 16.8 Å². The van der Waals surface area contributed by atoms with E-state index < -0.39 is 0 Å². The first-order valence-corrected chi connectivity index (χ1v) is 13.5. The molecule has 1 N–H and O–H groups in total. The quantitative estimate of drug-likeness (QED) is 0.0848. The minimum Gasteiger partial charge on any atom is -0.378 e. The number of rotatable bonds is 12. The number of benzene rings is 2. The second kappa shape index (κ2) is 14.1. The van der Waals surface area contributed by atoms with Crippen LogP contribution >= 0.6 is 0 Å². The zero-order valence-corrected chi connectivity index (χ0v) is 23.1. The number of H-pyrrole nitrogens is 1. The highest BCUT2D eigenvalue weighted by Gasteiger charge is 2.23. The third-order valence-corrected chi connectivity index (χ3v) is 6.92. The smallest absolute Gasteiger partial charge is 0.259 e. The number of allylic oxidation sites excluding steroid dienone is 1. The van der Waals surface area contributed by atoms with Gasteiger partial charge < -0.3 is 9.88 Å². The molecule has 0 spiro atoms. The lowest BCUT2D eigenvalue weighted by atomic mass is 10.0. The standard InChI is InChI=1S/C32H36N6O.CH4/c1-5-6-7-8-9-10-14-17-25-21-29(39)38-31(34-25)27(22-33)30(24-15-12-11-13-16-24)32(38)36-35-28-19-18-26(37(3)4)20-23(28)2;/h5,11-13,15-16,18-21,34H,1,6-10,14,17H2,2-4H3;1H4/i35+1;. The van der Waals surface area contributed by atoms with Crippen LogP contribution in [0.1, 0.15) is 62.8 Å². The molecular formula is C33H40N6O. The molecule has 0 amide bonds. The number of azo groups is 1. The number of nitriles is 1. The van der Waals surface area contributed by atoms with Crippen LogP contribution in [0.4, 0.5) is 17.2 Å². The van der Waals surface area contributed by atoms with Crippen LogP contribution < -0.4 is 10.5 Å². The summed E-state index contributed by atoms with van der Waals surface area (Å²) >= 11 is 0. The molecule has 7 heteroatoms. The molecule has 0 bridgehead atoms. The van der Waals surface area contributed by atoms with Crippen molar-refractivity contribution in [2.45, 2.75) is 59.3 Å². The summed E-state index contributed by atoms with van der Waals surface area (Å²) in [5.74, 6) is 0.346. The summed E-state index contributed by atoms with van der Waals surface area (Å²) < 4.78 is 1.48. The molecule has 2 aromatic carbocycles. The minimum absolute atomic E-state index is 0. The molecular weight excluding hydrogens is 497 g/mol. The SMILES string of the molecule is C.C=CCCCCCCCc1cc(=O)n2c(N=[15N]c3ccc(N(C)C)cc3C)c(-c3ccccc3)c(C#N)c2[nH]1. The highest BCUT2D eigenvalue weighted by atomic mass is 16.1. The van der Waals surface area contributed by atoms with Gasteiger partial charge in [-0.05, 0) is 61.9 Å². The molecule has 0 saturated carbocycles. The van der Waals surface area contributed by atoms with Gasteiger partial charge in [0.1, 0.15) is 17.3 Å². The molecule has 0 aliphatic carbocycles. The molecule has 2 heterocycles. The number of unbranched alkanes of at least 4 members (excludes halogenated alkanes) is 5. The number of aromatic amines is 1. The Hall–Kier alpha value is -4.44. The van der Waals surface area contributed by atoms with Crippen LogP contribution in [0.3, 0.4) is 0 Å². The summed E-state index contributed by atoms with van der Waals surface area (Å²) in [5, 5.41) is 19.3. The molecule has 0 atom stereocenters. The van der Waals surface area contributed by atoms with Gasteiger partial charge in [-0.2, -0.15) is 5.26 Å². The molecule has 4 aromatic rings. The Kier molecular flexibility index (Phi) is 10.6. The summed E-state index contributed by atoms with van der Waals surface area (Å²) in [6.07, 6.45) is 9.35. The Balaban J connectivity index is 0.00000441. The van der Waals surface area contributed by atoms with Crippen molar-refractivity contribution in [2.75, 3.05) is 19.0 Å². The molecule has 0 aliphatic rings.